The Morgan fingerprint density at radius 3 is 2.56 bits per heavy atom. The number of aromatic nitrogens is 2. The first-order valence-electron chi connectivity index (χ1n) is 8.15. The van der Waals surface area contributed by atoms with Crippen LogP contribution in [0.3, 0.4) is 0 Å². The van der Waals surface area contributed by atoms with Gasteiger partial charge in [-0.15, -0.1) is 0 Å². The molecule has 0 aliphatic heterocycles. The standard InChI is InChI=1S/C20H16FN3O3/c1-13-3-4-15(11-19(13)24(26)27)5-10-20(25)18-12-22-23(14(18)2)17-8-6-16(21)7-9-17/h3-12H,1-2H3. The summed E-state index contributed by atoms with van der Waals surface area (Å²) in [4.78, 5) is 23.1. The molecule has 0 spiro atoms. The first-order valence-corrected chi connectivity index (χ1v) is 8.15. The lowest BCUT2D eigenvalue weighted by molar-refractivity contribution is -0.385. The minimum atomic E-state index is -0.453. The Bertz CT molecular complexity index is 1050. The van der Waals surface area contributed by atoms with Gasteiger partial charge < -0.3 is 0 Å². The number of allylic oxidation sites excluding steroid dienone is 1. The maximum atomic E-state index is 13.1. The Balaban J connectivity index is 1.85. The quantitative estimate of drug-likeness (QED) is 0.290. The molecule has 0 radical (unpaired) electrons. The lowest BCUT2D eigenvalue weighted by atomic mass is 10.1. The van der Waals surface area contributed by atoms with Crippen molar-refractivity contribution in [3.63, 3.8) is 0 Å². The third-order valence-electron chi connectivity index (χ3n) is 4.20. The molecular formula is C20H16FN3O3. The molecule has 6 nitrogen and oxygen atoms in total. The van der Waals surface area contributed by atoms with Crippen molar-refractivity contribution in [1.82, 2.24) is 9.78 Å². The first kappa shape index (κ1) is 18.2. The van der Waals surface area contributed by atoms with Crippen molar-refractivity contribution in [1.29, 1.82) is 0 Å². The fourth-order valence-corrected chi connectivity index (χ4v) is 2.68. The van der Waals surface area contributed by atoms with Crippen LogP contribution in [0, 0.1) is 29.8 Å². The van der Waals surface area contributed by atoms with E-state index >= 15 is 0 Å². The number of carbonyl (C=O) groups is 1. The normalized spacial score (nSPS) is 11.1. The first-order chi connectivity index (χ1) is 12.9. The molecule has 0 N–H and O–H groups in total. The van der Waals surface area contributed by atoms with Crippen LogP contribution in [0.4, 0.5) is 10.1 Å². The highest BCUT2D eigenvalue weighted by Gasteiger charge is 2.14. The fourth-order valence-electron chi connectivity index (χ4n) is 2.68. The molecule has 0 saturated carbocycles. The second kappa shape index (κ2) is 7.33. The van der Waals surface area contributed by atoms with Gasteiger partial charge in [-0.05, 0) is 49.8 Å². The molecule has 0 saturated heterocycles. The van der Waals surface area contributed by atoms with Crippen molar-refractivity contribution >= 4 is 17.5 Å². The van der Waals surface area contributed by atoms with Gasteiger partial charge in [-0.3, -0.25) is 14.9 Å². The number of ketones is 1. The van der Waals surface area contributed by atoms with Crippen LogP contribution in [-0.4, -0.2) is 20.5 Å². The molecule has 3 aromatic rings. The zero-order valence-corrected chi connectivity index (χ0v) is 14.7. The van der Waals surface area contributed by atoms with E-state index in [9.17, 15) is 19.3 Å². The molecule has 0 amide bonds. The van der Waals surface area contributed by atoms with Gasteiger partial charge in [0.15, 0.2) is 5.78 Å². The lowest BCUT2D eigenvalue weighted by Crippen LogP contribution is -2.01. The number of hydrogen-bond donors (Lipinski definition) is 0. The summed E-state index contributed by atoms with van der Waals surface area (Å²) in [5.41, 5.74) is 2.78. The molecule has 1 heterocycles. The van der Waals surface area contributed by atoms with Crippen molar-refractivity contribution in [3.05, 3.63) is 93.1 Å². The summed E-state index contributed by atoms with van der Waals surface area (Å²) in [5.74, 6) is -0.626. The van der Waals surface area contributed by atoms with E-state index in [0.717, 1.165) is 0 Å². The number of nitro benzene ring substituents is 1. The number of nitro groups is 1. The van der Waals surface area contributed by atoms with E-state index in [-0.39, 0.29) is 17.3 Å². The molecular weight excluding hydrogens is 349 g/mol. The zero-order valence-electron chi connectivity index (χ0n) is 14.7. The van der Waals surface area contributed by atoms with E-state index in [1.807, 2.05) is 0 Å². The van der Waals surface area contributed by atoms with Gasteiger partial charge in [-0.1, -0.05) is 18.2 Å². The van der Waals surface area contributed by atoms with Crippen molar-refractivity contribution in [2.75, 3.05) is 0 Å². The molecule has 3 rings (SSSR count). The molecule has 1 aromatic heterocycles. The number of carbonyl (C=O) groups excluding carboxylic acids is 1. The highest BCUT2D eigenvalue weighted by molar-refractivity contribution is 6.07. The number of rotatable bonds is 5. The smallest absolute Gasteiger partial charge is 0.272 e. The van der Waals surface area contributed by atoms with Crippen LogP contribution in [0.5, 0.6) is 0 Å². The Labute approximate surface area is 154 Å². The molecule has 0 unspecified atom stereocenters. The van der Waals surface area contributed by atoms with Crippen LogP contribution in [0.1, 0.15) is 27.2 Å². The van der Waals surface area contributed by atoms with Gasteiger partial charge in [0.1, 0.15) is 5.82 Å². The number of nitrogens with zero attached hydrogens (tertiary/aromatic N) is 3. The second-order valence-corrected chi connectivity index (χ2v) is 6.03. The second-order valence-electron chi connectivity index (χ2n) is 6.03. The SMILES string of the molecule is Cc1ccc(C=CC(=O)c2cnn(-c3ccc(F)cc3)c2C)cc1[N+](=O)[O-]. The van der Waals surface area contributed by atoms with E-state index in [2.05, 4.69) is 5.10 Å². The Morgan fingerprint density at radius 2 is 1.89 bits per heavy atom. The minimum absolute atomic E-state index is 0.00455. The third-order valence-corrected chi connectivity index (χ3v) is 4.20. The van der Waals surface area contributed by atoms with Crippen LogP contribution in [0.15, 0.2) is 54.7 Å². The summed E-state index contributed by atoms with van der Waals surface area (Å²) in [6, 6.07) is 10.6. The van der Waals surface area contributed by atoms with E-state index in [1.54, 1.807) is 42.8 Å². The molecule has 2 aromatic carbocycles. The molecule has 0 aliphatic rings. The molecule has 136 valence electrons. The molecule has 0 bridgehead atoms. The number of halogens is 1. The summed E-state index contributed by atoms with van der Waals surface area (Å²) >= 11 is 0. The highest BCUT2D eigenvalue weighted by Crippen LogP contribution is 2.21. The summed E-state index contributed by atoms with van der Waals surface area (Å²) < 4.78 is 14.6. The topological polar surface area (TPSA) is 78.0 Å². The lowest BCUT2D eigenvalue weighted by Gasteiger charge is -2.04. The van der Waals surface area contributed by atoms with Crippen molar-refractivity contribution < 1.29 is 14.1 Å². The van der Waals surface area contributed by atoms with Gasteiger partial charge in [0.2, 0.25) is 0 Å². The monoisotopic (exact) mass is 365 g/mol. The van der Waals surface area contributed by atoms with Crippen LogP contribution in [0.25, 0.3) is 11.8 Å². The Kier molecular flexibility index (Phi) is 4.94. The van der Waals surface area contributed by atoms with E-state index < -0.39 is 4.92 Å². The minimum Gasteiger partial charge on any atom is -0.289 e. The molecule has 0 aliphatic carbocycles. The predicted molar refractivity (Wildman–Crippen MR) is 99.5 cm³/mol. The number of hydrogen-bond acceptors (Lipinski definition) is 4. The largest absolute Gasteiger partial charge is 0.289 e. The highest BCUT2D eigenvalue weighted by atomic mass is 19.1. The van der Waals surface area contributed by atoms with Gasteiger partial charge >= 0.3 is 0 Å². The summed E-state index contributed by atoms with van der Waals surface area (Å²) in [6.45, 7) is 3.40. The van der Waals surface area contributed by atoms with Crippen LogP contribution in [-0.2, 0) is 0 Å². The molecule has 7 heteroatoms. The number of benzene rings is 2. The molecule has 0 atom stereocenters. The fraction of sp³-hybridized carbons (Fsp3) is 0.100. The van der Waals surface area contributed by atoms with Gasteiger partial charge in [0, 0.05) is 11.6 Å². The van der Waals surface area contributed by atoms with Crippen LogP contribution in [0.2, 0.25) is 0 Å². The molecule has 0 fully saturated rings. The van der Waals surface area contributed by atoms with Crippen LogP contribution >= 0.6 is 0 Å². The van der Waals surface area contributed by atoms with E-state index in [0.29, 0.717) is 28.1 Å². The Morgan fingerprint density at radius 1 is 1.19 bits per heavy atom. The summed E-state index contributed by atoms with van der Waals surface area (Å²) in [6.07, 6.45) is 4.33. The van der Waals surface area contributed by atoms with E-state index in [1.165, 1.54) is 36.5 Å². The average molecular weight is 365 g/mol. The maximum Gasteiger partial charge on any atom is 0.272 e. The average Bonchev–Trinajstić information content (AvgIpc) is 3.02. The van der Waals surface area contributed by atoms with Gasteiger partial charge in [-0.25, -0.2) is 9.07 Å². The van der Waals surface area contributed by atoms with Gasteiger partial charge in [-0.2, -0.15) is 5.10 Å². The molecule has 27 heavy (non-hydrogen) atoms. The van der Waals surface area contributed by atoms with Gasteiger partial charge in [0.05, 0.1) is 28.1 Å². The summed E-state index contributed by atoms with van der Waals surface area (Å²) in [5, 5.41) is 15.2. The van der Waals surface area contributed by atoms with Crippen molar-refractivity contribution in [2.24, 2.45) is 0 Å². The van der Waals surface area contributed by atoms with Crippen LogP contribution < -0.4 is 0 Å². The predicted octanol–water partition coefficient (Wildman–Crippen LogP) is 4.43. The van der Waals surface area contributed by atoms with Crippen molar-refractivity contribution in [2.45, 2.75) is 13.8 Å². The zero-order chi connectivity index (χ0) is 19.6. The van der Waals surface area contributed by atoms with E-state index in [4.69, 9.17) is 0 Å². The van der Waals surface area contributed by atoms with Crippen molar-refractivity contribution in [3.8, 4) is 5.69 Å². The maximum absolute atomic E-state index is 13.1. The Hall–Kier alpha value is -3.61. The third kappa shape index (κ3) is 3.82. The summed E-state index contributed by atoms with van der Waals surface area (Å²) in [7, 11) is 0. The number of aryl methyl sites for hydroxylation is 1. The van der Waals surface area contributed by atoms with Gasteiger partial charge in [0.25, 0.3) is 5.69 Å².